The Labute approximate surface area is 224 Å². The maximum Gasteiger partial charge on any atom is 0.243 e. The second kappa shape index (κ2) is 10.8. The van der Waals surface area contributed by atoms with Crippen LogP contribution >= 0.6 is 23.4 Å². The number of aromatic nitrogens is 1. The van der Waals surface area contributed by atoms with E-state index >= 15 is 0 Å². The lowest BCUT2D eigenvalue weighted by molar-refractivity contribution is -0.123. The van der Waals surface area contributed by atoms with Crippen molar-refractivity contribution >= 4 is 35.0 Å². The number of benzene rings is 3. The number of anilines is 1. The highest BCUT2D eigenvalue weighted by Crippen LogP contribution is 2.46. The number of methoxy groups -OCH3 is 1. The number of carbonyl (C=O) groups excluding carboxylic acids is 1. The zero-order chi connectivity index (χ0) is 25.9. The first kappa shape index (κ1) is 25.1. The average Bonchev–Trinajstić information content (AvgIpc) is 2.93. The fourth-order valence-corrected chi connectivity index (χ4v) is 5.89. The number of amides is 1. The van der Waals surface area contributed by atoms with E-state index in [9.17, 15) is 15.0 Å². The van der Waals surface area contributed by atoms with E-state index in [0.29, 0.717) is 10.8 Å². The Morgan fingerprint density at radius 2 is 1.73 bits per heavy atom. The normalized spacial score (nSPS) is 17.8. The number of phenolic OH excluding ortho intramolecular Hbond substituents is 1. The zero-order valence-corrected chi connectivity index (χ0v) is 21.6. The molecule has 3 aromatic carbocycles. The number of aromatic hydroxyl groups is 1. The van der Waals surface area contributed by atoms with Crippen molar-refractivity contribution < 1.29 is 19.7 Å². The summed E-state index contributed by atoms with van der Waals surface area (Å²) in [5.74, 6) is 1.22. The largest absolute Gasteiger partial charge is 0.508 e. The molecule has 4 aromatic rings. The number of phenols is 1. The lowest BCUT2D eigenvalue weighted by Crippen LogP contribution is -2.57. The van der Waals surface area contributed by atoms with Gasteiger partial charge in [0.1, 0.15) is 16.7 Å². The maximum atomic E-state index is 13.4. The fourth-order valence-electron chi connectivity index (χ4n) is 4.46. The average molecular weight is 533 g/mol. The lowest BCUT2D eigenvalue weighted by Gasteiger charge is -2.47. The van der Waals surface area contributed by atoms with E-state index < -0.39 is 6.10 Å². The van der Waals surface area contributed by atoms with Crippen LogP contribution in [0, 0.1) is 0 Å². The van der Waals surface area contributed by atoms with Crippen molar-refractivity contribution in [2.24, 2.45) is 0 Å². The van der Waals surface area contributed by atoms with Crippen molar-refractivity contribution in [3.8, 4) is 22.6 Å². The Kier molecular flexibility index (Phi) is 7.37. The predicted molar refractivity (Wildman–Crippen MR) is 147 cm³/mol. The Morgan fingerprint density at radius 3 is 2.41 bits per heavy atom. The van der Waals surface area contributed by atoms with Gasteiger partial charge in [-0.3, -0.25) is 9.78 Å². The monoisotopic (exact) mass is 532 g/mol. The van der Waals surface area contributed by atoms with Gasteiger partial charge in [0.25, 0.3) is 0 Å². The molecule has 8 heteroatoms. The van der Waals surface area contributed by atoms with Crippen molar-refractivity contribution in [2.45, 2.75) is 17.4 Å². The Balaban J connectivity index is 1.38. The number of nitrogens with zero attached hydrogens (tertiary/aromatic N) is 2. The smallest absolute Gasteiger partial charge is 0.243 e. The van der Waals surface area contributed by atoms with Crippen LogP contribution in [-0.2, 0) is 4.79 Å². The van der Waals surface area contributed by atoms with Gasteiger partial charge in [0, 0.05) is 34.4 Å². The molecule has 188 valence electrons. The Morgan fingerprint density at radius 1 is 1.03 bits per heavy atom. The van der Waals surface area contributed by atoms with Crippen LogP contribution in [0.5, 0.6) is 11.5 Å². The molecule has 37 heavy (non-hydrogen) atoms. The molecule has 1 saturated heterocycles. The highest BCUT2D eigenvalue weighted by Gasteiger charge is 2.49. The van der Waals surface area contributed by atoms with E-state index in [1.165, 1.54) is 11.8 Å². The summed E-state index contributed by atoms with van der Waals surface area (Å²) < 4.78 is 5.45. The summed E-state index contributed by atoms with van der Waals surface area (Å²) in [7, 11) is 1.62. The van der Waals surface area contributed by atoms with Crippen molar-refractivity contribution in [2.75, 3.05) is 17.8 Å². The summed E-state index contributed by atoms with van der Waals surface area (Å²) in [5.41, 5.74) is 4.23. The number of thioether (sulfide) groups is 1. The van der Waals surface area contributed by atoms with Gasteiger partial charge in [-0.05, 0) is 59.2 Å². The minimum atomic E-state index is -0.724. The number of pyridine rings is 1. The van der Waals surface area contributed by atoms with Crippen molar-refractivity contribution in [1.29, 1.82) is 0 Å². The summed E-state index contributed by atoms with van der Waals surface area (Å²) in [6, 6.07) is 23.3. The molecule has 1 aliphatic heterocycles. The first-order chi connectivity index (χ1) is 18.0. The fraction of sp³-hybridized carbons (Fsp3) is 0.172. The van der Waals surface area contributed by atoms with Gasteiger partial charge < -0.3 is 19.8 Å². The van der Waals surface area contributed by atoms with E-state index in [0.717, 1.165) is 33.7 Å². The van der Waals surface area contributed by atoms with E-state index in [2.05, 4.69) is 4.98 Å². The summed E-state index contributed by atoms with van der Waals surface area (Å²) >= 11 is 7.39. The number of aliphatic hydroxyl groups is 1. The molecule has 0 spiro atoms. The third-order valence-corrected chi connectivity index (χ3v) is 8.00. The molecule has 1 aliphatic rings. The molecule has 1 aromatic heterocycles. The number of ether oxygens (including phenoxy) is 1. The van der Waals surface area contributed by atoms with Crippen LogP contribution in [0.1, 0.15) is 23.3 Å². The molecule has 0 unspecified atom stereocenters. The Hall–Kier alpha value is -3.52. The molecule has 6 nitrogen and oxygen atoms in total. The maximum absolute atomic E-state index is 13.4. The lowest BCUT2D eigenvalue weighted by atomic mass is 9.92. The SMILES string of the molecule is COc1ccncc1-c1ccc(N2C(=O)[C@H](SC[C@@H](O)c3ccc(Cl)cc3)[C@H]2c2ccc(O)cc2)cc1. The van der Waals surface area contributed by atoms with Gasteiger partial charge in [-0.1, -0.05) is 48.0 Å². The number of aliphatic hydroxyl groups excluding tert-OH is 1. The number of halogens is 1. The predicted octanol–water partition coefficient (Wildman–Crippen LogP) is 6.04. The highest BCUT2D eigenvalue weighted by molar-refractivity contribution is 8.00. The molecular formula is C29H25ClN2O4S. The summed E-state index contributed by atoms with van der Waals surface area (Å²) in [4.78, 5) is 19.4. The summed E-state index contributed by atoms with van der Waals surface area (Å²) in [6.07, 6.45) is 2.71. The van der Waals surface area contributed by atoms with E-state index in [1.54, 1.807) is 60.8 Å². The second-order valence-corrected chi connectivity index (χ2v) is 10.3. The standard InChI is InChI=1S/C29H25ClN2O4S/c1-36-26-14-15-31-16-24(26)18-4-10-22(11-5-18)32-27(20-6-12-23(33)13-7-20)28(29(32)35)37-17-25(34)19-2-8-21(30)9-3-19/h2-16,25,27-28,33-34H,17H2,1H3/t25-,27-,28-/m1/s1. The van der Waals surface area contributed by atoms with Gasteiger partial charge in [0.05, 0.1) is 19.3 Å². The van der Waals surface area contributed by atoms with Crippen LogP contribution in [0.4, 0.5) is 5.69 Å². The molecule has 0 radical (unpaired) electrons. The first-order valence-corrected chi connectivity index (χ1v) is 13.1. The van der Waals surface area contributed by atoms with E-state index in [-0.39, 0.29) is 22.9 Å². The second-order valence-electron chi connectivity index (χ2n) is 8.69. The third kappa shape index (κ3) is 5.16. The van der Waals surface area contributed by atoms with E-state index in [4.69, 9.17) is 16.3 Å². The van der Waals surface area contributed by atoms with Crippen molar-refractivity contribution in [3.63, 3.8) is 0 Å². The number of hydrogen-bond donors (Lipinski definition) is 2. The molecular weight excluding hydrogens is 508 g/mol. The number of β-lactam (4-membered cyclic amide) rings is 1. The van der Waals surface area contributed by atoms with Gasteiger partial charge in [-0.15, -0.1) is 11.8 Å². The number of rotatable bonds is 8. The van der Waals surface area contributed by atoms with Crippen LogP contribution in [-0.4, -0.2) is 39.2 Å². The highest BCUT2D eigenvalue weighted by atomic mass is 35.5. The van der Waals surface area contributed by atoms with Crippen molar-refractivity contribution in [1.82, 2.24) is 4.98 Å². The number of carbonyl (C=O) groups is 1. The zero-order valence-electron chi connectivity index (χ0n) is 20.0. The van der Waals surface area contributed by atoms with E-state index in [1.807, 2.05) is 42.5 Å². The van der Waals surface area contributed by atoms with Crippen LogP contribution in [0.3, 0.4) is 0 Å². The van der Waals surface area contributed by atoms with Gasteiger partial charge in [0.2, 0.25) is 5.91 Å². The van der Waals surface area contributed by atoms with Crippen LogP contribution < -0.4 is 9.64 Å². The van der Waals surface area contributed by atoms with Crippen LogP contribution in [0.15, 0.2) is 91.3 Å². The molecule has 0 bridgehead atoms. The number of hydrogen-bond acceptors (Lipinski definition) is 6. The summed E-state index contributed by atoms with van der Waals surface area (Å²) in [6.45, 7) is 0. The molecule has 3 atom stereocenters. The molecule has 0 saturated carbocycles. The molecule has 2 N–H and O–H groups in total. The van der Waals surface area contributed by atoms with Crippen LogP contribution in [0.2, 0.25) is 5.02 Å². The topological polar surface area (TPSA) is 82.9 Å². The van der Waals surface area contributed by atoms with Crippen molar-refractivity contribution in [3.05, 3.63) is 107 Å². The minimum Gasteiger partial charge on any atom is -0.508 e. The van der Waals surface area contributed by atoms with Gasteiger partial charge >= 0.3 is 0 Å². The minimum absolute atomic E-state index is 0.0295. The van der Waals surface area contributed by atoms with Gasteiger partial charge in [-0.2, -0.15) is 0 Å². The molecule has 2 heterocycles. The Bertz CT molecular complexity index is 1380. The third-order valence-electron chi connectivity index (χ3n) is 6.43. The first-order valence-electron chi connectivity index (χ1n) is 11.7. The molecule has 1 amide bonds. The molecule has 5 rings (SSSR count). The summed E-state index contributed by atoms with van der Waals surface area (Å²) in [5, 5.41) is 20.7. The van der Waals surface area contributed by atoms with Crippen LogP contribution in [0.25, 0.3) is 11.1 Å². The van der Waals surface area contributed by atoms with Gasteiger partial charge in [-0.25, -0.2) is 0 Å². The van der Waals surface area contributed by atoms with Gasteiger partial charge in [0.15, 0.2) is 0 Å². The molecule has 0 aliphatic carbocycles. The quantitative estimate of drug-likeness (QED) is 0.269. The molecule has 1 fully saturated rings.